The van der Waals surface area contributed by atoms with Crippen molar-refractivity contribution in [3.63, 3.8) is 0 Å². The van der Waals surface area contributed by atoms with E-state index in [-0.39, 0.29) is 6.10 Å². The van der Waals surface area contributed by atoms with E-state index in [1.54, 1.807) is 5.57 Å². The quantitative estimate of drug-likeness (QED) is 0.626. The van der Waals surface area contributed by atoms with E-state index in [1.165, 1.54) is 44.9 Å². The molecule has 0 heterocycles. The molecule has 0 unspecified atom stereocenters. The van der Waals surface area contributed by atoms with Gasteiger partial charge in [0.05, 0.1) is 6.10 Å². The standard InChI is InChI=1S/C22H36O/c1-5-15-6-7-18-17-12-14(2)20-13-16(23)8-10-22(20,4)19(17)9-11-21(15,18)3/h13-19,23H,5-12H2,1-4H3/t14-,15+,16+,17+,18+,19+,21-,22-/m1/s1. The minimum atomic E-state index is -0.179. The SMILES string of the molecule is CC[C@H]1CC[C@H]2[C@@H]3C[C@@H](C)C4=C[C@@H](O)CC[C@]4(C)[C@H]3CC[C@]12C. The van der Waals surface area contributed by atoms with Crippen LogP contribution >= 0.6 is 0 Å². The molecular formula is C22H36O. The van der Waals surface area contributed by atoms with Gasteiger partial charge in [0.25, 0.3) is 0 Å². The molecule has 3 fully saturated rings. The third-order valence-electron chi connectivity index (χ3n) is 9.09. The maximum atomic E-state index is 10.2. The largest absolute Gasteiger partial charge is 0.389 e. The lowest BCUT2D eigenvalue weighted by Crippen LogP contribution is -2.52. The van der Waals surface area contributed by atoms with Gasteiger partial charge in [0.1, 0.15) is 0 Å². The highest BCUT2D eigenvalue weighted by molar-refractivity contribution is 5.27. The second kappa shape index (κ2) is 5.35. The number of rotatable bonds is 1. The van der Waals surface area contributed by atoms with Crippen molar-refractivity contribution in [3.05, 3.63) is 11.6 Å². The number of fused-ring (bicyclic) bond motifs is 5. The highest BCUT2D eigenvalue weighted by Gasteiger charge is 2.59. The van der Waals surface area contributed by atoms with E-state index in [1.807, 2.05) is 0 Å². The Morgan fingerprint density at radius 1 is 1.09 bits per heavy atom. The van der Waals surface area contributed by atoms with Crippen LogP contribution in [-0.4, -0.2) is 11.2 Å². The molecule has 1 N–H and O–H groups in total. The number of hydrogen-bond donors (Lipinski definition) is 1. The molecule has 4 aliphatic rings. The molecule has 0 amide bonds. The van der Waals surface area contributed by atoms with Crippen molar-refractivity contribution in [2.45, 2.75) is 85.2 Å². The van der Waals surface area contributed by atoms with Crippen LogP contribution in [0.5, 0.6) is 0 Å². The maximum Gasteiger partial charge on any atom is 0.0724 e. The minimum absolute atomic E-state index is 0.179. The molecule has 1 nitrogen and oxygen atoms in total. The minimum Gasteiger partial charge on any atom is -0.389 e. The van der Waals surface area contributed by atoms with Gasteiger partial charge in [0.2, 0.25) is 0 Å². The lowest BCUT2D eigenvalue weighted by molar-refractivity contribution is -0.0656. The zero-order valence-corrected chi connectivity index (χ0v) is 15.6. The molecule has 23 heavy (non-hydrogen) atoms. The first kappa shape index (κ1) is 16.2. The molecule has 4 rings (SSSR count). The first-order valence-corrected chi connectivity index (χ1v) is 10.3. The Bertz CT molecular complexity index is 508. The zero-order valence-electron chi connectivity index (χ0n) is 15.6. The van der Waals surface area contributed by atoms with E-state index >= 15 is 0 Å². The molecule has 0 radical (unpaired) electrons. The van der Waals surface area contributed by atoms with Crippen molar-refractivity contribution < 1.29 is 5.11 Å². The fourth-order valence-corrected chi connectivity index (χ4v) is 7.92. The smallest absolute Gasteiger partial charge is 0.0724 e. The summed E-state index contributed by atoms with van der Waals surface area (Å²) in [5.41, 5.74) is 2.63. The summed E-state index contributed by atoms with van der Waals surface area (Å²) in [4.78, 5) is 0. The maximum absolute atomic E-state index is 10.2. The number of hydrogen-bond acceptors (Lipinski definition) is 1. The monoisotopic (exact) mass is 316 g/mol. The lowest BCUT2D eigenvalue weighted by Gasteiger charge is -2.60. The summed E-state index contributed by atoms with van der Waals surface area (Å²) in [6.45, 7) is 10.0. The summed E-state index contributed by atoms with van der Waals surface area (Å²) in [6, 6.07) is 0. The second-order valence-corrected chi connectivity index (χ2v) is 9.89. The Kier molecular flexibility index (Phi) is 3.76. The van der Waals surface area contributed by atoms with Crippen LogP contribution in [0.1, 0.15) is 79.1 Å². The Labute approximate surface area is 142 Å². The van der Waals surface area contributed by atoms with Crippen LogP contribution in [-0.2, 0) is 0 Å². The number of aliphatic hydroxyl groups is 1. The molecule has 0 aromatic heterocycles. The third kappa shape index (κ3) is 2.14. The topological polar surface area (TPSA) is 20.2 Å². The van der Waals surface area contributed by atoms with Gasteiger partial charge in [-0.2, -0.15) is 0 Å². The van der Waals surface area contributed by atoms with Crippen LogP contribution in [0.2, 0.25) is 0 Å². The molecule has 130 valence electrons. The van der Waals surface area contributed by atoms with E-state index in [9.17, 15) is 5.11 Å². The van der Waals surface area contributed by atoms with Crippen molar-refractivity contribution >= 4 is 0 Å². The fraction of sp³-hybridized carbons (Fsp3) is 0.909. The first-order valence-electron chi connectivity index (χ1n) is 10.3. The van der Waals surface area contributed by atoms with E-state index < -0.39 is 0 Å². The normalized spacial score (nSPS) is 55.6. The van der Waals surface area contributed by atoms with Gasteiger partial charge in [-0.1, -0.05) is 45.8 Å². The molecule has 8 atom stereocenters. The van der Waals surface area contributed by atoms with Gasteiger partial charge in [-0.15, -0.1) is 0 Å². The summed E-state index contributed by atoms with van der Waals surface area (Å²) in [7, 11) is 0. The second-order valence-electron chi connectivity index (χ2n) is 9.89. The van der Waals surface area contributed by atoms with Crippen LogP contribution in [0.15, 0.2) is 11.6 Å². The van der Waals surface area contributed by atoms with Gasteiger partial charge in [-0.25, -0.2) is 0 Å². The van der Waals surface area contributed by atoms with Crippen molar-refractivity contribution in [1.29, 1.82) is 0 Å². The summed E-state index contributed by atoms with van der Waals surface area (Å²) in [5.74, 6) is 4.45. The van der Waals surface area contributed by atoms with Crippen molar-refractivity contribution in [1.82, 2.24) is 0 Å². The molecule has 3 saturated carbocycles. The highest BCUT2D eigenvalue weighted by atomic mass is 16.3. The van der Waals surface area contributed by atoms with E-state index in [0.717, 1.165) is 30.1 Å². The van der Waals surface area contributed by atoms with Crippen LogP contribution in [0.25, 0.3) is 0 Å². The zero-order chi connectivity index (χ0) is 16.4. The van der Waals surface area contributed by atoms with Crippen LogP contribution < -0.4 is 0 Å². The fourth-order valence-electron chi connectivity index (χ4n) is 7.92. The molecule has 0 saturated heterocycles. The van der Waals surface area contributed by atoms with E-state index in [4.69, 9.17) is 0 Å². The lowest BCUT2D eigenvalue weighted by atomic mass is 9.45. The first-order chi connectivity index (χ1) is 10.9. The Balaban J connectivity index is 1.69. The van der Waals surface area contributed by atoms with Crippen molar-refractivity contribution in [2.24, 2.45) is 40.4 Å². The van der Waals surface area contributed by atoms with Gasteiger partial charge < -0.3 is 5.11 Å². The van der Waals surface area contributed by atoms with Gasteiger partial charge in [0.15, 0.2) is 0 Å². The summed E-state index contributed by atoms with van der Waals surface area (Å²) in [6.07, 6.45) is 12.9. The molecule has 0 aliphatic heterocycles. The Morgan fingerprint density at radius 2 is 1.87 bits per heavy atom. The molecule has 1 heteroatoms. The van der Waals surface area contributed by atoms with Gasteiger partial charge >= 0.3 is 0 Å². The van der Waals surface area contributed by atoms with Gasteiger partial charge in [-0.3, -0.25) is 0 Å². The van der Waals surface area contributed by atoms with Gasteiger partial charge in [-0.05, 0) is 85.4 Å². The Hall–Kier alpha value is -0.300. The summed E-state index contributed by atoms with van der Waals surface area (Å²) >= 11 is 0. The summed E-state index contributed by atoms with van der Waals surface area (Å²) in [5, 5.41) is 10.2. The molecule has 0 aromatic rings. The molecule has 0 bridgehead atoms. The summed E-state index contributed by atoms with van der Waals surface area (Å²) < 4.78 is 0. The average molecular weight is 317 g/mol. The molecule has 0 spiro atoms. The van der Waals surface area contributed by atoms with Crippen LogP contribution in [0.4, 0.5) is 0 Å². The third-order valence-corrected chi connectivity index (χ3v) is 9.09. The van der Waals surface area contributed by atoms with E-state index in [2.05, 4.69) is 33.8 Å². The van der Waals surface area contributed by atoms with Crippen LogP contribution in [0.3, 0.4) is 0 Å². The molecule has 4 aliphatic carbocycles. The van der Waals surface area contributed by atoms with E-state index in [0.29, 0.717) is 16.7 Å². The average Bonchev–Trinajstić information content (AvgIpc) is 2.86. The molecular weight excluding hydrogens is 280 g/mol. The van der Waals surface area contributed by atoms with Gasteiger partial charge in [0, 0.05) is 0 Å². The highest BCUT2D eigenvalue weighted by Crippen LogP contribution is 2.67. The number of aliphatic hydroxyl groups excluding tert-OH is 1. The number of allylic oxidation sites excluding steroid dienone is 1. The predicted molar refractivity (Wildman–Crippen MR) is 96.0 cm³/mol. The Morgan fingerprint density at radius 3 is 2.61 bits per heavy atom. The van der Waals surface area contributed by atoms with Crippen molar-refractivity contribution in [2.75, 3.05) is 0 Å². The van der Waals surface area contributed by atoms with Crippen LogP contribution in [0, 0.1) is 40.4 Å². The molecule has 0 aromatic carbocycles. The predicted octanol–water partition coefficient (Wildman–Crippen LogP) is 5.58. The van der Waals surface area contributed by atoms with Crippen molar-refractivity contribution in [3.8, 4) is 0 Å².